The van der Waals surface area contributed by atoms with Crippen LogP contribution in [0, 0.1) is 0 Å². The van der Waals surface area contributed by atoms with Crippen LogP contribution >= 0.6 is 0 Å². The van der Waals surface area contributed by atoms with Crippen LogP contribution in [0.3, 0.4) is 0 Å². The van der Waals surface area contributed by atoms with Crippen molar-refractivity contribution in [3.8, 4) is 0 Å². The Labute approximate surface area is 347 Å². The van der Waals surface area contributed by atoms with Gasteiger partial charge in [-0.05, 0) is 70.9 Å². The molecule has 0 aliphatic carbocycles. The molecule has 56 heavy (non-hydrogen) atoms. The molecular formula is C48H95NO7. The number of nitrogens with zero attached hydrogens (tertiary/aromatic N) is 1. The summed E-state index contributed by atoms with van der Waals surface area (Å²) in [6.07, 6.45) is 39.4. The highest BCUT2D eigenvalue weighted by Crippen LogP contribution is 2.18. The number of ether oxygens (including phenoxy) is 4. The Bertz CT molecular complexity index is 797. The monoisotopic (exact) mass is 798 g/mol. The molecule has 0 aromatic carbocycles. The molecule has 0 amide bonds. The molecule has 0 aliphatic heterocycles. The van der Waals surface area contributed by atoms with E-state index in [0.29, 0.717) is 32.8 Å². The molecule has 0 radical (unpaired) electrons. The largest absolute Gasteiger partial charge is 0.508 e. The molecule has 0 aromatic rings. The Kier molecular flexibility index (Phi) is 45.2. The second-order valence-corrected chi connectivity index (χ2v) is 16.5. The third kappa shape index (κ3) is 42.2. The maximum atomic E-state index is 12.5. The Morgan fingerprint density at radius 1 is 0.446 bits per heavy atom. The summed E-state index contributed by atoms with van der Waals surface area (Å²) in [7, 11) is 0. The Hall–Kier alpha value is -1.38. The molecule has 1 atom stereocenters. The molecule has 8 heteroatoms. The van der Waals surface area contributed by atoms with Crippen molar-refractivity contribution >= 4 is 12.1 Å². The molecule has 0 saturated carbocycles. The van der Waals surface area contributed by atoms with Crippen molar-refractivity contribution in [1.29, 1.82) is 0 Å². The Balaban J connectivity index is 4.05. The van der Waals surface area contributed by atoms with Crippen LogP contribution in [-0.2, 0) is 23.7 Å². The van der Waals surface area contributed by atoms with Gasteiger partial charge in [0.15, 0.2) is 0 Å². The van der Waals surface area contributed by atoms with E-state index in [1.807, 2.05) is 0 Å². The van der Waals surface area contributed by atoms with Gasteiger partial charge in [-0.2, -0.15) is 0 Å². The molecule has 0 fully saturated rings. The van der Waals surface area contributed by atoms with E-state index in [1.165, 1.54) is 141 Å². The van der Waals surface area contributed by atoms with E-state index >= 15 is 0 Å². The summed E-state index contributed by atoms with van der Waals surface area (Å²) in [5.41, 5.74) is 0. The molecular weight excluding hydrogens is 703 g/mol. The lowest BCUT2D eigenvalue weighted by atomic mass is 10.0. The van der Waals surface area contributed by atoms with E-state index < -0.39 is 6.16 Å². The average molecular weight is 798 g/mol. The van der Waals surface area contributed by atoms with Crippen LogP contribution in [0.1, 0.15) is 239 Å². The van der Waals surface area contributed by atoms with Crippen LogP contribution in [0.25, 0.3) is 0 Å². The fourth-order valence-electron chi connectivity index (χ4n) is 7.36. The number of carbonyl (C=O) groups is 2. The first-order chi connectivity index (χ1) is 27.6. The number of aliphatic hydroxyl groups is 1. The fourth-order valence-corrected chi connectivity index (χ4v) is 7.36. The van der Waals surface area contributed by atoms with Gasteiger partial charge in [-0.3, -0.25) is 4.79 Å². The minimum Gasteiger partial charge on any atom is -0.466 e. The maximum absolute atomic E-state index is 12.5. The Morgan fingerprint density at radius 3 is 1.36 bits per heavy atom. The van der Waals surface area contributed by atoms with Crippen molar-refractivity contribution in [1.82, 2.24) is 4.90 Å². The van der Waals surface area contributed by atoms with E-state index in [1.54, 1.807) is 0 Å². The van der Waals surface area contributed by atoms with Crippen molar-refractivity contribution < 1.29 is 33.6 Å². The van der Waals surface area contributed by atoms with Gasteiger partial charge in [-0.1, -0.05) is 175 Å². The zero-order valence-electron chi connectivity index (χ0n) is 37.6. The minimum atomic E-state index is -0.471. The highest BCUT2D eigenvalue weighted by Gasteiger charge is 2.15. The van der Waals surface area contributed by atoms with Crippen molar-refractivity contribution in [3.05, 3.63) is 0 Å². The number of aliphatic hydroxyl groups excluding tert-OH is 1. The zero-order chi connectivity index (χ0) is 40.8. The van der Waals surface area contributed by atoms with E-state index in [4.69, 9.17) is 24.1 Å². The van der Waals surface area contributed by atoms with E-state index in [9.17, 15) is 9.59 Å². The second-order valence-electron chi connectivity index (χ2n) is 16.5. The first-order valence-electron chi connectivity index (χ1n) is 24.5. The Morgan fingerprint density at radius 2 is 0.857 bits per heavy atom. The number of rotatable bonds is 46. The molecule has 0 aromatic heterocycles. The molecule has 8 nitrogen and oxygen atoms in total. The topological polar surface area (TPSA) is 94.5 Å². The molecule has 1 unspecified atom stereocenters. The second kappa shape index (κ2) is 46.3. The normalized spacial score (nSPS) is 12.0. The number of carbonyl (C=O) groups excluding carboxylic acids is 2. The molecule has 0 bridgehead atoms. The molecule has 334 valence electrons. The van der Waals surface area contributed by atoms with Gasteiger partial charge in [0.05, 0.1) is 33.0 Å². The highest BCUT2D eigenvalue weighted by atomic mass is 16.7. The van der Waals surface area contributed by atoms with E-state index in [0.717, 1.165) is 90.3 Å². The lowest BCUT2D eigenvalue weighted by molar-refractivity contribution is -0.143. The maximum Gasteiger partial charge on any atom is 0.508 e. The summed E-state index contributed by atoms with van der Waals surface area (Å²) in [6, 6.07) is 0. The molecule has 0 saturated heterocycles. The number of hydrogen-bond acceptors (Lipinski definition) is 8. The van der Waals surface area contributed by atoms with Gasteiger partial charge in [0, 0.05) is 13.0 Å². The van der Waals surface area contributed by atoms with Gasteiger partial charge in [0.1, 0.15) is 6.10 Å². The third-order valence-corrected chi connectivity index (χ3v) is 11.0. The van der Waals surface area contributed by atoms with Crippen LogP contribution in [0.4, 0.5) is 4.79 Å². The summed E-state index contributed by atoms with van der Waals surface area (Å²) in [4.78, 5) is 26.9. The fraction of sp³-hybridized carbons (Fsp3) is 0.958. The number of esters is 1. The molecule has 1 N–H and O–H groups in total. The lowest BCUT2D eigenvalue weighted by Crippen LogP contribution is -2.30. The predicted octanol–water partition coefficient (Wildman–Crippen LogP) is 13.7. The van der Waals surface area contributed by atoms with Crippen molar-refractivity contribution in [2.45, 2.75) is 245 Å². The lowest BCUT2D eigenvalue weighted by Gasteiger charge is -2.22. The minimum absolute atomic E-state index is 0.00153. The molecule has 0 heterocycles. The summed E-state index contributed by atoms with van der Waals surface area (Å²) in [6.45, 7) is 12.0. The van der Waals surface area contributed by atoms with Gasteiger partial charge in [-0.15, -0.1) is 0 Å². The standard InChI is InChI=1S/C48H95NO7/c1-4-7-10-13-15-16-17-22-29-36-46(35-28-12-9-6-3)56-48(52)55-43-34-27-21-19-25-32-39-49(40-44-53-45-41-50)38-31-24-18-20-26-33-42-54-47(51)37-30-23-14-11-8-5-2/h46,50H,4-45H2,1-3H3. The zero-order valence-corrected chi connectivity index (χ0v) is 37.6. The average Bonchev–Trinajstić information content (AvgIpc) is 3.19. The summed E-state index contributed by atoms with van der Waals surface area (Å²) in [5.74, 6) is -0.0250. The molecule has 0 rings (SSSR count). The van der Waals surface area contributed by atoms with Gasteiger partial charge in [-0.25, -0.2) is 4.79 Å². The van der Waals surface area contributed by atoms with Gasteiger partial charge >= 0.3 is 12.1 Å². The quantitative estimate of drug-likeness (QED) is 0.0481. The first kappa shape index (κ1) is 54.6. The first-order valence-corrected chi connectivity index (χ1v) is 24.5. The van der Waals surface area contributed by atoms with Crippen molar-refractivity contribution in [2.24, 2.45) is 0 Å². The molecule has 0 spiro atoms. The summed E-state index contributed by atoms with van der Waals surface area (Å²) >= 11 is 0. The smallest absolute Gasteiger partial charge is 0.466 e. The van der Waals surface area contributed by atoms with E-state index in [-0.39, 0.29) is 18.7 Å². The van der Waals surface area contributed by atoms with Crippen LogP contribution in [-0.4, -0.2) is 80.9 Å². The van der Waals surface area contributed by atoms with Gasteiger partial charge < -0.3 is 29.0 Å². The van der Waals surface area contributed by atoms with Crippen molar-refractivity contribution in [2.75, 3.05) is 52.7 Å². The summed E-state index contributed by atoms with van der Waals surface area (Å²) in [5, 5.41) is 9.07. The van der Waals surface area contributed by atoms with E-state index in [2.05, 4.69) is 25.7 Å². The number of hydrogen-bond donors (Lipinski definition) is 1. The summed E-state index contributed by atoms with van der Waals surface area (Å²) < 4.78 is 22.3. The van der Waals surface area contributed by atoms with Gasteiger partial charge in [0.2, 0.25) is 0 Å². The van der Waals surface area contributed by atoms with Crippen molar-refractivity contribution in [3.63, 3.8) is 0 Å². The number of unbranched alkanes of at least 4 members (excludes halogenated alkanes) is 26. The van der Waals surface area contributed by atoms with Crippen LogP contribution < -0.4 is 0 Å². The van der Waals surface area contributed by atoms with Crippen LogP contribution in [0.5, 0.6) is 0 Å². The molecule has 0 aliphatic rings. The van der Waals surface area contributed by atoms with Crippen LogP contribution in [0.2, 0.25) is 0 Å². The third-order valence-electron chi connectivity index (χ3n) is 11.0. The van der Waals surface area contributed by atoms with Crippen LogP contribution in [0.15, 0.2) is 0 Å². The highest BCUT2D eigenvalue weighted by molar-refractivity contribution is 5.69. The van der Waals surface area contributed by atoms with Gasteiger partial charge in [0.25, 0.3) is 0 Å². The SMILES string of the molecule is CCCCCCCCCCCC(CCCCCC)OC(=O)OCCCCCCCCN(CCCCCCCCOC(=O)CCCCCCCC)CCOCCO. The predicted molar refractivity (Wildman–Crippen MR) is 236 cm³/mol.